The molecule has 2 aromatic rings. The first kappa shape index (κ1) is 22.8. The number of benzene rings is 2. The van der Waals surface area contributed by atoms with Crippen LogP contribution in [0, 0.1) is 5.92 Å². The van der Waals surface area contributed by atoms with E-state index in [0.717, 1.165) is 11.3 Å². The largest absolute Gasteiger partial charge is 0.381 e. The quantitative estimate of drug-likeness (QED) is 0.463. The van der Waals surface area contributed by atoms with Gasteiger partial charge in [-0.05, 0) is 55.0 Å². The van der Waals surface area contributed by atoms with Gasteiger partial charge in [0.1, 0.15) is 5.92 Å². The van der Waals surface area contributed by atoms with Crippen LogP contribution in [0.4, 0.5) is 11.4 Å². The summed E-state index contributed by atoms with van der Waals surface area (Å²) in [6.45, 7) is 5.97. The molecule has 2 heterocycles. The minimum absolute atomic E-state index is 0.293. The smallest absolute Gasteiger partial charge is 0.266 e. The van der Waals surface area contributed by atoms with Crippen LogP contribution in [-0.2, 0) is 14.4 Å². The number of carbonyl (C=O) groups is 2. The molecule has 0 bridgehead atoms. The molecule has 3 atom stereocenters. The second-order valence-electron chi connectivity index (χ2n) is 8.22. The van der Waals surface area contributed by atoms with Crippen molar-refractivity contribution in [2.75, 3.05) is 24.1 Å². The molecule has 4 rings (SSSR count). The number of fused-ring (bicyclic) bond motifs is 1. The lowest BCUT2D eigenvalue weighted by Crippen LogP contribution is -2.41. The van der Waals surface area contributed by atoms with E-state index in [1.54, 1.807) is 47.5 Å². The van der Waals surface area contributed by atoms with Gasteiger partial charge in [-0.1, -0.05) is 48.5 Å². The highest BCUT2D eigenvalue weighted by Gasteiger charge is 2.60. The van der Waals surface area contributed by atoms with E-state index in [-0.39, 0.29) is 11.8 Å². The molecular weight excluding hydrogens is 438 g/mol. The van der Waals surface area contributed by atoms with Crippen molar-refractivity contribution in [1.82, 2.24) is 4.90 Å². The maximum Gasteiger partial charge on any atom is 0.266 e. The van der Waals surface area contributed by atoms with Crippen molar-refractivity contribution < 1.29 is 14.4 Å². The Bertz CT molecular complexity index is 1130. The number of hydroxylamine groups is 1. The first-order valence-corrected chi connectivity index (χ1v) is 11.0. The Morgan fingerprint density at radius 2 is 1.67 bits per heavy atom. The van der Waals surface area contributed by atoms with Crippen LogP contribution in [0.3, 0.4) is 0 Å². The minimum atomic E-state index is -0.930. The predicted octanol–water partition coefficient (Wildman–Crippen LogP) is 4.60. The van der Waals surface area contributed by atoms with Crippen LogP contribution < -0.4 is 9.96 Å². The van der Waals surface area contributed by atoms with Crippen LogP contribution in [0.15, 0.2) is 90.7 Å². The molecular formula is C26H26ClN3O3. The summed E-state index contributed by atoms with van der Waals surface area (Å²) in [5.41, 5.74) is 3.04. The van der Waals surface area contributed by atoms with E-state index in [1.165, 1.54) is 4.90 Å². The molecule has 0 aliphatic carbocycles. The van der Waals surface area contributed by atoms with Crippen molar-refractivity contribution in [2.24, 2.45) is 5.92 Å². The second kappa shape index (κ2) is 9.25. The summed E-state index contributed by atoms with van der Waals surface area (Å²) in [4.78, 5) is 36.3. The van der Waals surface area contributed by atoms with E-state index in [4.69, 9.17) is 16.4 Å². The summed E-state index contributed by atoms with van der Waals surface area (Å²) in [7, 11) is 3.91. The Hall–Kier alpha value is -3.35. The first-order chi connectivity index (χ1) is 15.8. The molecule has 33 heavy (non-hydrogen) atoms. The molecule has 0 radical (unpaired) electrons. The highest BCUT2D eigenvalue weighted by Crippen LogP contribution is 2.43. The number of imide groups is 1. The third-order valence-electron chi connectivity index (χ3n) is 6.01. The van der Waals surface area contributed by atoms with Gasteiger partial charge in [-0.15, -0.1) is 0 Å². The molecule has 6 nitrogen and oxygen atoms in total. The summed E-state index contributed by atoms with van der Waals surface area (Å²) in [6.07, 6.45) is 4.66. The van der Waals surface area contributed by atoms with Crippen molar-refractivity contribution in [3.8, 4) is 0 Å². The summed E-state index contributed by atoms with van der Waals surface area (Å²) in [5.74, 6) is -1.38. The fourth-order valence-corrected chi connectivity index (χ4v) is 4.18. The summed E-state index contributed by atoms with van der Waals surface area (Å²) < 4.78 is 0. The number of nitrogens with zero attached hydrogens (tertiary/aromatic N) is 3. The molecule has 170 valence electrons. The lowest BCUT2D eigenvalue weighted by Gasteiger charge is -2.29. The van der Waals surface area contributed by atoms with Gasteiger partial charge >= 0.3 is 0 Å². The average molecular weight is 464 g/mol. The zero-order valence-electron chi connectivity index (χ0n) is 18.8. The molecule has 2 aliphatic heterocycles. The molecule has 0 spiro atoms. The maximum absolute atomic E-state index is 13.6. The van der Waals surface area contributed by atoms with Crippen LogP contribution >= 0.6 is 11.6 Å². The van der Waals surface area contributed by atoms with Crippen LogP contribution in [0.2, 0.25) is 5.02 Å². The Morgan fingerprint density at radius 1 is 1.00 bits per heavy atom. The fourth-order valence-electron chi connectivity index (χ4n) is 4.05. The topological polar surface area (TPSA) is 53.1 Å². The molecule has 0 N–H and O–H groups in total. The number of hydrogen-bond donors (Lipinski definition) is 0. The Kier molecular flexibility index (Phi) is 6.40. The fraction of sp³-hybridized carbons (Fsp3) is 0.231. The Labute approximate surface area is 198 Å². The molecule has 0 aromatic heterocycles. The zero-order valence-corrected chi connectivity index (χ0v) is 19.6. The highest BCUT2D eigenvalue weighted by molar-refractivity contribution is 6.30. The lowest BCUT2D eigenvalue weighted by atomic mass is 9.90. The summed E-state index contributed by atoms with van der Waals surface area (Å²) in [5, 5.41) is 2.22. The van der Waals surface area contributed by atoms with Crippen LogP contribution in [0.5, 0.6) is 0 Å². The van der Waals surface area contributed by atoms with E-state index in [2.05, 4.69) is 6.58 Å². The van der Waals surface area contributed by atoms with Crippen molar-refractivity contribution in [3.63, 3.8) is 0 Å². The van der Waals surface area contributed by atoms with Gasteiger partial charge in [0.15, 0.2) is 6.10 Å². The molecule has 2 aliphatic rings. The van der Waals surface area contributed by atoms with Gasteiger partial charge in [0.2, 0.25) is 5.91 Å². The third kappa shape index (κ3) is 4.19. The Morgan fingerprint density at radius 3 is 2.27 bits per heavy atom. The van der Waals surface area contributed by atoms with Gasteiger partial charge in [0.05, 0.1) is 17.4 Å². The second-order valence-corrected chi connectivity index (χ2v) is 8.66. The predicted molar refractivity (Wildman–Crippen MR) is 131 cm³/mol. The highest BCUT2D eigenvalue weighted by atomic mass is 35.5. The minimum Gasteiger partial charge on any atom is -0.381 e. The van der Waals surface area contributed by atoms with E-state index in [1.807, 2.05) is 56.3 Å². The molecule has 3 unspecified atom stereocenters. The van der Waals surface area contributed by atoms with Gasteiger partial charge in [0, 0.05) is 24.8 Å². The van der Waals surface area contributed by atoms with Gasteiger partial charge in [-0.3, -0.25) is 14.4 Å². The normalized spacial score (nSPS) is 23.2. The standard InChI is InChI=1S/C26H26ClN3O3/c1-5-18(12-11-17(2)28(3)4)23-22-24(33-30(23)21-15-13-19(27)14-16-21)26(32)29(25(22)31)20-9-7-6-8-10-20/h5-16,22-24H,1H2,2-4H3/b17-11+,18-12+. The number of rotatable bonds is 6. The molecule has 2 aromatic carbocycles. The number of anilines is 2. The molecule has 2 amide bonds. The number of para-hydroxylation sites is 1. The van der Waals surface area contributed by atoms with Gasteiger partial charge in [0.25, 0.3) is 5.91 Å². The van der Waals surface area contributed by atoms with E-state index >= 15 is 0 Å². The monoisotopic (exact) mass is 463 g/mol. The zero-order chi connectivity index (χ0) is 23.7. The van der Waals surface area contributed by atoms with Crippen molar-refractivity contribution >= 4 is 34.8 Å². The number of allylic oxidation sites excluding steroid dienone is 3. The van der Waals surface area contributed by atoms with Crippen molar-refractivity contribution in [3.05, 3.63) is 95.7 Å². The van der Waals surface area contributed by atoms with Gasteiger partial charge in [-0.2, -0.15) is 0 Å². The number of hydrogen-bond acceptors (Lipinski definition) is 5. The van der Waals surface area contributed by atoms with E-state index in [0.29, 0.717) is 16.4 Å². The van der Waals surface area contributed by atoms with E-state index < -0.39 is 18.1 Å². The average Bonchev–Trinajstić information content (AvgIpc) is 3.31. The molecule has 2 saturated heterocycles. The van der Waals surface area contributed by atoms with Crippen LogP contribution in [0.1, 0.15) is 6.92 Å². The SMILES string of the molecule is C=C/C(=C\C=C(/C)N(C)C)C1C2C(=O)N(c3ccccc3)C(=O)C2ON1c1ccc(Cl)cc1. The maximum atomic E-state index is 13.6. The summed E-state index contributed by atoms with van der Waals surface area (Å²) in [6, 6.07) is 15.5. The number of amides is 2. The summed E-state index contributed by atoms with van der Waals surface area (Å²) >= 11 is 6.07. The third-order valence-corrected chi connectivity index (χ3v) is 6.26. The molecule has 0 saturated carbocycles. The number of halogens is 1. The van der Waals surface area contributed by atoms with Crippen molar-refractivity contribution in [1.29, 1.82) is 0 Å². The number of carbonyl (C=O) groups excluding carboxylic acids is 2. The van der Waals surface area contributed by atoms with Gasteiger partial charge in [-0.25, -0.2) is 9.96 Å². The lowest BCUT2D eigenvalue weighted by molar-refractivity contribution is -0.126. The van der Waals surface area contributed by atoms with Crippen LogP contribution in [-0.4, -0.2) is 43.0 Å². The first-order valence-electron chi connectivity index (χ1n) is 10.7. The Balaban J connectivity index is 1.79. The van der Waals surface area contributed by atoms with Crippen molar-refractivity contribution in [2.45, 2.75) is 19.1 Å². The van der Waals surface area contributed by atoms with Gasteiger partial charge < -0.3 is 4.90 Å². The van der Waals surface area contributed by atoms with Crippen LogP contribution in [0.25, 0.3) is 0 Å². The molecule has 7 heteroatoms. The van der Waals surface area contributed by atoms with E-state index in [9.17, 15) is 9.59 Å². The molecule has 2 fully saturated rings.